The molecule has 44 heavy (non-hydrogen) atoms. The molecule has 0 unspecified atom stereocenters. The second-order valence-corrected chi connectivity index (χ2v) is 12.8. The van der Waals surface area contributed by atoms with Crippen LogP contribution in [0.15, 0.2) is 152 Å². The molecule has 0 aliphatic carbocycles. The first-order chi connectivity index (χ1) is 21.8. The molecule has 0 fully saturated rings. The zero-order valence-electron chi connectivity index (χ0n) is 23.8. The van der Waals surface area contributed by atoms with Gasteiger partial charge < -0.3 is 4.40 Å². The van der Waals surface area contributed by atoms with Gasteiger partial charge in [0.05, 0.1) is 16.6 Å². The minimum absolute atomic E-state index is 1.22. The summed E-state index contributed by atoms with van der Waals surface area (Å²) in [7, 11) is 0. The summed E-state index contributed by atoms with van der Waals surface area (Å²) in [6, 6.07) is 56.0. The van der Waals surface area contributed by atoms with Crippen molar-refractivity contribution < 1.29 is 0 Å². The average Bonchev–Trinajstić information content (AvgIpc) is 3.65. The third-order valence-corrected chi connectivity index (χ3v) is 10.5. The number of aromatic nitrogens is 1. The van der Waals surface area contributed by atoms with Gasteiger partial charge >= 0.3 is 0 Å². The third kappa shape index (κ3) is 3.29. The average molecular weight is 576 g/mol. The van der Waals surface area contributed by atoms with E-state index in [-0.39, 0.29) is 0 Å². The van der Waals surface area contributed by atoms with Gasteiger partial charge in [-0.25, -0.2) is 0 Å². The molecule has 0 amide bonds. The Hall–Kier alpha value is -5.44. The Balaban J connectivity index is 1.36. The summed E-state index contributed by atoms with van der Waals surface area (Å²) in [6.45, 7) is 0. The zero-order valence-corrected chi connectivity index (χ0v) is 24.6. The van der Waals surface area contributed by atoms with Crippen LogP contribution in [-0.2, 0) is 0 Å². The van der Waals surface area contributed by atoms with Gasteiger partial charge in [0.1, 0.15) is 0 Å². The fourth-order valence-corrected chi connectivity index (χ4v) is 8.57. The highest BCUT2D eigenvalue weighted by Gasteiger charge is 2.18. The lowest BCUT2D eigenvalue weighted by molar-refractivity contribution is 1.35. The van der Waals surface area contributed by atoms with Crippen LogP contribution in [-0.4, -0.2) is 4.40 Å². The Morgan fingerprint density at radius 3 is 1.59 bits per heavy atom. The summed E-state index contributed by atoms with van der Waals surface area (Å²) in [5, 5.41) is 10.4. The number of thiophene rings is 1. The van der Waals surface area contributed by atoms with Gasteiger partial charge in [0.15, 0.2) is 0 Å². The van der Waals surface area contributed by atoms with E-state index < -0.39 is 0 Å². The molecule has 0 bridgehead atoms. The van der Waals surface area contributed by atoms with Gasteiger partial charge in [-0.3, -0.25) is 0 Å². The van der Waals surface area contributed by atoms with Gasteiger partial charge in [-0.1, -0.05) is 121 Å². The van der Waals surface area contributed by atoms with Crippen LogP contribution in [0.3, 0.4) is 0 Å². The van der Waals surface area contributed by atoms with Crippen molar-refractivity contribution in [3.05, 3.63) is 152 Å². The van der Waals surface area contributed by atoms with Crippen LogP contribution >= 0.6 is 11.3 Å². The van der Waals surface area contributed by atoms with Gasteiger partial charge in [0.2, 0.25) is 0 Å². The predicted molar refractivity (Wildman–Crippen MR) is 191 cm³/mol. The molecule has 10 rings (SSSR count). The molecule has 7 aromatic carbocycles. The summed E-state index contributed by atoms with van der Waals surface area (Å²) in [5.74, 6) is 0. The predicted octanol–water partition coefficient (Wildman–Crippen LogP) is 12.3. The maximum atomic E-state index is 2.52. The molecule has 3 heterocycles. The van der Waals surface area contributed by atoms with Crippen LogP contribution < -0.4 is 0 Å². The Morgan fingerprint density at radius 1 is 0.341 bits per heavy atom. The summed E-state index contributed by atoms with van der Waals surface area (Å²) in [6.07, 6.45) is 0. The maximum Gasteiger partial charge on any atom is 0.0619 e. The van der Waals surface area contributed by atoms with Crippen LogP contribution in [0, 0.1) is 0 Å². The van der Waals surface area contributed by atoms with E-state index in [9.17, 15) is 0 Å². The van der Waals surface area contributed by atoms with Gasteiger partial charge in [0.25, 0.3) is 0 Å². The lowest BCUT2D eigenvalue weighted by Gasteiger charge is -2.07. The molecule has 3 aromatic heterocycles. The SMILES string of the molecule is c1ccc(-c2ccc(-c3ccc4c(c3)c3cccc5c6cccc7sc8cccc(c9ccccc9n4c53)c8c76)cc2)cc1. The van der Waals surface area contributed by atoms with Crippen molar-refractivity contribution in [1.82, 2.24) is 4.40 Å². The lowest BCUT2D eigenvalue weighted by Crippen LogP contribution is -1.86. The topological polar surface area (TPSA) is 4.41 Å². The lowest BCUT2D eigenvalue weighted by atomic mass is 9.98. The summed E-state index contributed by atoms with van der Waals surface area (Å²) in [4.78, 5) is 0. The standard InChI is InChI=1S/C42H25NS/c1-2-9-26(10-3-1)27-19-21-28(22-20-27)29-23-24-37-35(25-29)34-15-6-14-33-32-13-8-18-39-41(32)40-31(12-7-17-38(40)44-39)30-11-4-5-16-36(30)43(37)42(33)34/h1-25H. The van der Waals surface area contributed by atoms with Crippen LogP contribution in [0.1, 0.15) is 0 Å². The van der Waals surface area contributed by atoms with Crippen molar-refractivity contribution in [1.29, 1.82) is 0 Å². The van der Waals surface area contributed by atoms with E-state index in [2.05, 4.69) is 156 Å². The van der Waals surface area contributed by atoms with E-state index in [0.717, 1.165) is 0 Å². The molecule has 0 radical (unpaired) electrons. The fourth-order valence-electron chi connectivity index (χ4n) is 7.41. The summed E-state index contributed by atoms with van der Waals surface area (Å²) in [5.41, 5.74) is 8.65. The second kappa shape index (κ2) is 9.03. The van der Waals surface area contributed by atoms with Crippen LogP contribution in [0.5, 0.6) is 0 Å². The molecule has 0 saturated carbocycles. The van der Waals surface area contributed by atoms with Gasteiger partial charge in [-0.15, -0.1) is 11.3 Å². The molecule has 0 spiro atoms. The number of benzene rings is 7. The highest BCUT2D eigenvalue weighted by molar-refractivity contribution is 7.26. The molecule has 0 N–H and O–H groups in total. The molecule has 0 saturated heterocycles. The number of fused-ring (bicyclic) bond motifs is 7. The van der Waals surface area contributed by atoms with E-state index in [1.54, 1.807) is 0 Å². The smallest absolute Gasteiger partial charge is 0.0619 e. The highest BCUT2D eigenvalue weighted by Crippen LogP contribution is 2.44. The summed E-state index contributed by atoms with van der Waals surface area (Å²) >= 11 is 1.90. The zero-order chi connectivity index (χ0) is 28.8. The molecule has 0 aliphatic rings. The van der Waals surface area contributed by atoms with Crippen LogP contribution in [0.2, 0.25) is 0 Å². The van der Waals surface area contributed by atoms with Crippen molar-refractivity contribution in [2.75, 3.05) is 0 Å². The minimum Gasteiger partial charge on any atom is -0.308 e. The Bertz CT molecular complexity index is 2740. The second-order valence-electron chi connectivity index (χ2n) is 11.7. The molecule has 0 aliphatic heterocycles. The Morgan fingerprint density at radius 2 is 0.841 bits per heavy atom. The first-order valence-electron chi connectivity index (χ1n) is 15.1. The van der Waals surface area contributed by atoms with Crippen LogP contribution in [0.25, 0.3) is 91.3 Å². The van der Waals surface area contributed by atoms with E-state index >= 15 is 0 Å². The Labute approximate surface area is 257 Å². The maximum absolute atomic E-state index is 2.52. The molecular weight excluding hydrogens is 551 g/mol. The number of hydrogen-bond donors (Lipinski definition) is 0. The van der Waals surface area contributed by atoms with Gasteiger partial charge in [-0.2, -0.15) is 0 Å². The normalized spacial score (nSPS) is 12.1. The highest BCUT2D eigenvalue weighted by atomic mass is 32.1. The fraction of sp³-hybridized carbons (Fsp3) is 0. The van der Waals surface area contributed by atoms with E-state index in [1.807, 2.05) is 11.3 Å². The third-order valence-electron chi connectivity index (χ3n) is 9.36. The number of hydrogen-bond acceptors (Lipinski definition) is 1. The van der Waals surface area contributed by atoms with Crippen molar-refractivity contribution in [2.45, 2.75) is 0 Å². The Kier molecular flexibility index (Phi) is 4.94. The van der Waals surface area contributed by atoms with Crippen molar-refractivity contribution in [3.8, 4) is 22.3 Å². The molecule has 2 heteroatoms. The molecule has 10 aromatic rings. The van der Waals surface area contributed by atoms with Gasteiger partial charge in [-0.05, 0) is 63.4 Å². The van der Waals surface area contributed by atoms with Gasteiger partial charge in [0, 0.05) is 41.7 Å². The molecule has 204 valence electrons. The van der Waals surface area contributed by atoms with Crippen LogP contribution in [0.4, 0.5) is 0 Å². The van der Waals surface area contributed by atoms with Crippen molar-refractivity contribution >= 4 is 80.4 Å². The largest absolute Gasteiger partial charge is 0.308 e. The molecule has 0 atom stereocenters. The number of rotatable bonds is 2. The first kappa shape index (κ1) is 24.0. The van der Waals surface area contributed by atoms with E-state index in [4.69, 9.17) is 0 Å². The molecular formula is C42H25NS. The van der Waals surface area contributed by atoms with E-state index in [1.165, 1.54) is 91.3 Å². The number of nitrogens with zero attached hydrogens (tertiary/aromatic N) is 1. The minimum atomic E-state index is 1.22. The van der Waals surface area contributed by atoms with Crippen molar-refractivity contribution in [2.24, 2.45) is 0 Å². The van der Waals surface area contributed by atoms with Crippen molar-refractivity contribution in [3.63, 3.8) is 0 Å². The summed E-state index contributed by atoms with van der Waals surface area (Å²) < 4.78 is 5.20. The quantitative estimate of drug-likeness (QED) is 0.193. The monoisotopic (exact) mass is 575 g/mol. The first-order valence-corrected chi connectivity index (χ1v) is 15.9. The molecule has 1 nitrogen and oxygen atoms in total. The number of para-hydroxylation sites is 2. The van der Waals surface area contributed by atoms with E-state index in [0.29, 0.717) is 0 Å².